The van der Waals surface area contributed by atoms with E-state index >= 15 is 4.39 Å². The minimum absolute atomic E-state index is 0.0134. The highest BCUT2D eigenvalue weighted by Gasteiger charge is 2.29. The number of ether oxygens (including phenoxy) is 3. The Balaban J connectivity index is 0.926. The van der Waals surface area contributed by atoms with Gasteiger partial charge in [-0.2, -0.15) is 5.10 Å². The molecular weight excluding hydrogens is 888 g/mol. The highest BCUT2D eigenvalue weighted by atomic mass is 19.1. The van der Waals surface area contributed by atoms with Crippen LogP contribution >= 0.6 is 0 Å². The highest BCUT2D eigenvalue weighted by Crippen LogP contribution is 2.25. The normalized spacial score (nSPS) is 12.6. The second-order valence-electron chi connectivity index (χ2n) is 17.2. The predicted octanol–water partition coefficient (Wildman–Crippen LogP) is 6.43. The van der Waals surface area contributed by atoms with Gasteiger partial charge in [0.25, 0.3) is 17.4 Å². The van der Waals surface area contributed by atoms with Gasteiger partial charge in [-0.3, -0.25) is 29.4 Å². The first kappa shape index (κ1) is 48.9. The number of hydrogen-bond acceptors (Lipinski definition) is 11. The molecule has 17 nitrogen and oxygen atoms in total. The van der Waals surface area contributed by atoms with Gasteiger partial charge >= 0.3 is 12.2 Å². The Labute approximate surface area is 397 Å². The van der Waals surface area contributed by atoms with E-state index in [2.05, 4.69) is 25.8 Å². The molecule has 3 N–H and O–H groups in total. The Morgan fingerprint density at radius 1 is 0.797 bits per heavy atom. The lowest BCUT2D eigenvalue weighted by Gasteiger charge is -2.36. The Hall–Kier alpha value is -7.99. The molecular formula is C51H53FN8O9. The highest BCUT2D eigenvalue weighted by molar-refractivity contribution is 6.02. The summed E-state index contributed by atoms with van der Waals surface area (Å²) in [6, 6.07) is 31.4. The van der Waals surface area contributed by atoms with Crippen molar-refractivity contribution in [1.29, 1.82) is 0 Å². The number of amides is 5. The van der Waals surface area contributed by atoms with Gasteiger partial charge in [0.1, 0.15) is 24.6 Å². The van der Waals surface area contributed by atoms with E-state index in [1.807, 2.05) is 48.5 Å². The number of anilines is 1. The van der Waals surface area contributed by atoms with Gasteiger partial charge in [0, 0.05) is 62.8 Å². The summed E-state index contributed by atoms with van der Waals surface area (Å²) in [4.78, 5) is 87.7. The van der Waals surface area contributed by atoms with Crippen LogP contribution in [0.15, 0.2) is 120 Å². The maximum atomic E-state index is 15.2. The summed E-state index contributed by atoms with van der Waals surface area (Å²) in [6.45, 7) is 5.37. The van der Waals surface area contributed by atoms with Crippen LogP contribution in [0.3, 0.4) is 0 Å². The van der Waals surface area contributed by atoms with Gasteiger partial charge in [0.15, 0.2) is 5.69 Å². The molecule has 1 saturated heterocycles. The van der Waals surface area contributed by atoms with E-state index in [0.717, 1.165) is 11.1 Å². The van der Waals surface area contributed by atoms with Crippen LogP contribution < -0.4 is 16.2 Å². The number of carbonyl (C=O) groups excluding carboxylic acids is 5. The van der Waals surface area contributed by atoms with Crippen LogP contribution in [0.2, 0.25) is 0 Å². The molecule has 69 heavy (non-hydrogen) atoms. The van der Waals surface area contributed by atoms with Gasteiger partial charge in [0.05, 0.1) is 35.5 Å². The van der Waals surface area contributed by atoms with E-state index in [1.54, 1.807) is 69.3 Å². The van der Waals surface area contributed by atoms with E-state index in [4.69, 9.17) is 14.2 Å². The third-order valence-electron chi connectivity index (χ3n) is 11.0. The molecule has 3 heterocycles. The largest absolute Gasteiger partial charge is 0.445 e. The maximum absolute atomic E-state index is 15.2. The van der Waals surface area contributed by atoms with Crippen molar-refractivity contribution >= 4 is 46.4 Å². The fourth-order valence-electron chi connectivity index (χ4n) is 7.52. The summed E-state index contributed by atoms with van der Waals surface area (Å²) in [6.07, 6.45) is 0.283. The van der Waals surface area contributed by atoms with Gasteiger partial charge in [-0.15, -0.1) is 0 Å². The second-order valence-corrected chi connectivity index (χ2v) is 17.2. The van der Waals surface area contributed by atoms with E-state index in [0.29, 0.717) is 27.6 Å². The number of nitrogens with one attached hydrogen (secondary N) is 3. The molecule has 1 fully saturated rings. The molecule has 0 unspecified atom stereocenters. The van der Waals surface area contributed by atoms with Gasteiger partial charge in [-0.1, -0.05) is 84.9 Å². The fraction of sp³-hybridized carbons (Fsp3) is 0.294. The molecule has 0 saturated carbocycles. The maximum Gasteiger partial charge on any atom is 0.412 e. The average molecular weight is 941 g/mol. The molecule has 0 bridgehead atoms. The lowest BCUT2D eigenvalue weighted by Crippen LogP contribution is -2.53. The Bertz CT molecular complexity index is 2850. The van der Waals surface area contributed by atoms with Gasteiger partial charge < -0.3 is 29.3 Å². The van der Waals surface area contributed by atoms with Crippen molar-refractivity contribution in [2.24, 2.45) is 0 Å². The number of nitrogens with zero attached hydrogens (tertiary/aromatic N) is 5. The number of carbonyl (C=O) groups is 5. The zero-order valence-electron chi connectivity index (χ0n) is 38.5. The SMILES string of the molecule is CC(C)(C)OC(=O)Nc1cc(-c2ccccc2)cnc1C(=O)NCCOCCN(CC(=O)N1CCN(C(=O)c2cc(Cc3n[nH]c(=O)c4ccccc34)ccc2F)CC1)C(=O)OCc1ccccc1. The summed E-state index contributed by atoms with van der Waals surface area (Å²) in [7, 11) is 0. The molecule has 1 aliphatic heterocycles. The van der Waals surface area contributed by atoms with Crippen molar-refractivity contribution in [2.75, 3.05) is 64.3 Å². The number of hydrogen-bond donors (Lipinski definition) is 3. The summed E-state index contributed by atoms with van der Waals surface area (Å²) in [5, 5.41) is 13.2. The van der Waals surface area contributed by atoms with Crippen molar-refractivity contribution in [1.82, 2.24) is 35.2 Å². The number of piperazine rings is 1. The van der Waals surface area contributed by atoms with Crippen molar-refractivity contribution in [3.8, 4) is 11.1 Å². The summed E-state index contributed by atoms with van der Waals surface area (Å²) < 4.78 is 31.9. The third-order valence-corrected chi connectivity index (χ3v) is 11.0. The Morgan fingerprint density at radius 3 is 2.20 bits per heavy atom. The molecule has 0 atom stereocenters. The van der Waals surface area contributed by atoms with E-state index in [1.165, 1.54) is 33.0 Å². The number of pyridine rings is 1. The number of rotatable bonds is 16. The standard InChI is InChI=1S/C51H53FN8O9/c1-51(2,3)69-49(65)55-43-30-37(36-14-8-5-9-15-36)31-54-45(43)47(63)53-20-26-67-27-25-60(50(66)68-33-34-12-6-4-7-13-34)32-44(61)58-21-23-59(24-22-58)48(64)40-28-35(18-19-41(40)52)29-42-38-16-10-11-17-39(38)46(62)57-56-42/h4-19,28,30-31H,20-27,29,32-33H2,1-3H3,(H,53,63)(H,55,65)(H,57,62). The summed E-state index contributed by atoms with van der Waals surface area (Å²) in [5.74, 6) is -2.18. The average Bonchev–Trinajstić information content (AvgIpc) is 3.35. The van der Waals surface area contributed by atoms with Gasteiger partial charge in [-0.05, 0) is 61.7 Å². The van der Waals surface area contributed by atoms with Crippen LogP contribution in [0.4, 0.5) is 19.7 Å². The molecule has 7 rings (SSSR count). The van der Waals surface area contributed by atoms with Crippen LogP contribution in [-0.2, 0) is 32.0 Å². The van der Waals surface area contributed by atoms with Crippen LogP contribution in [0.25, 0.3) is 21.9 Å². The first-order valence-electron chi connectivity index (χ1n) is 22.4. The van der Waals surface area contributed by atoms with Crippen LogP contribution in [0.1, 0.15) is 58.4 Å². The Kier molecular flexibility index (Phi) is 16.1. The summed E-state index contributed by atoms with van der Waals surface area (Å²) in [5.41, 5.74) is 2.33. The minimum Gasteiger partial charge on any atom is -0.445 e. The van der Waals surface area contributed by atoms with E-state index in [9.17, 15) is 28.8 Å². The molecule has 0 radical (unpaired) electrons. The zero-order valence-corrected chi connectivity index (χ0v) is 38.5. The van der Waals surface area contributed by atoms with Crippen molar-refractivity contribution in [3.63, 3.8) is 0 Å². The van der Waals surface area contributed by atoms with Crippen LogP contribution in [-0.4, -0.2) is 124 Å². The molecule has 6 aromatic rings. The number of H-pyrrole nitrogens is 1. The zero-order chi connectivity index (χ0) is 48.9. The van der Waals surface area contributed by atoms with Gasteiger partial charge in [0.2, 0.25) is 5.91 Å². The van der Waals surface area contributed by atoms with E-state index in [-0.39, 0.29) is 100 Å². The second kappa shape index (κ2) is 22.7. The number of halogens is 1. The molecule has 5 amide bonds. The first-order valence-corrected chi connectivity index (χ1v) is 22.4. The van der Waals surface area contributed by atoms with Gasteiger partial charge in [-0.25, -0.2) is 24.1 Å². The smallest absolute Gasteiger partial charge is 0.412 e. The van der Waals surface area contributed by atoms with E-state index < -0.39 is 35.4 Å². The molecule has 1 aliphatic rings. The molecule has 0 aliphatic carbocycles. The lowest BCUT2D eigenvalue weighted by molar-refractivity contribution is -0.133. The molecule has 2 aromatic heterocycles. The van der Waals surface area contributed by atoms with Crippen molar-refractivity contribution in [2.45, 2.75) is 39.4 Å². The lowest BCUT2D eigenvalue weighted by atomic mass is 10.0. The summed E-state index contributed by atoms with van der Waals surface area (Å²) >= 11 is 0. The number of aromatic amines is 1. The molecule has 0 spiro atoms. The minimum atomic E-state index is -0.781. The molecule has 4 aromatic carbocycles. The number of fused-ring (bicyclic) bond motifs is 1. The monoisotopic (exact) mass is 940 g/mol. The Morgan fingerprint density at radius 2 is 1.48 bits per heavy atom. The van der Waals surface area contributed by atoms with Crippen molar-refractivity contribution < 1.29 is 42.6 Å². The van der Waals surface area contributed by atoms with Crippen molar-refractivity contribution in [3.05, 3.63) is 160 Å². The quantitative estimate of drug-likeness (QED) is 0.0902. The predicted molar refractivity (Wildman–Crippen MR) is 255 cm³/mol. The number of aromatic nitrogens is 3. The number of benzene rings is 4. The molecule has 18 heteroatoms. The molecule has 358 valence electrons. The topological polar surface area (TPSA) is 205 Å². The first-order chi connectivity index (χ1) is 33.2. The fourth-order valence-corrected chi connectivity index (χ4v) is 7.52. The third kappa shape index (κ3) is 13.3. The van der Waals surface area contributed by atoms with Crippen LogP contribution in [0.5, 0.6) is 0 Å². The van der Waals surface area contributed by atoms with Crippen LogP contribution in [0, 0.1) is 5.82 Å².